The van der Waals surface area contributed by atoms with E-state index in [0.29, 0.717) is 5.56 Å². The molecule has 0 aliphatic carbocycles. The maximum atomic E-state index is 13.0. The zero-order chi connectivity index (χ0) is 32.5. The van der Waals surface area contributed by atoms with Crippen molar-refractivity contribution in [2.45, 2.75) is 63.8 Å². The van der Waals surface area contributed by atoms with Crippen LogP contribution in [-0.2, 0) is 31.8 Å². The van der Waals surface area contributed by atoms with Gasteiger partial charge in [-0.1, -0.05) is 54.6 Å². The van der Waals surface area contributed by atoms with Gasteiger partial charge in [-0.05, 0) is 49.6 Å². The maximum Gasteiger partial charge on any atom is 0.404 e. The Morgan fingerprint density at radius 2 is 1.71 bits per heavy atom. The number of carbonyl (C=O) groups is 2. The number of hydrogen-bond donors (Lipinski definition) is 3. The number of benzene rings is 3. The molecule has 0 saturated carbocycles. The lowest BCUT2D eigenvalue weighted by molar-refractivity contribution is -0.304. The highest BCUT2D eigenvalue weighted by molar-refractivity contribution is 5.91. The second-order valence-corrected chi connectivity index (χ2v) is 11.5. The molecule has 1 aliphatic rings. The number of hydrogen-bond acceptors (Lipinski definition) is 10. The van der Waals surface area contributed by atoms with E-state index in [1.165, 1.54) is 19.2 Å². The number of aliphatic hydroxyl groups excluding tert-OH is 1. The van der Waals surface area contributed by atoms with Crippen molar-refractivity contribution in [1.82, 2.24) is 0 Å². The monoisotopic (exact) mass is 617 g/mol. The molecule has 3 aromatic carbocycles. The van der Waals surface area contributed by atoms with Gasteiger partial charge in [0.15, 0.2) is 12.2 Å². The van der Waals surface area contributed by atoms with Gasteiger partial charge in [0.25, 0.3) is 0 Å². The number of methoxy groups -OCH3 is 1. The van der Waals surface area contributed by atoms with Gasteiger partial charge in [0, 0.05) is 25.5 Å². The van der Waals surface area contributed by atoms with E-state index in [9.17, 15) is 24.6 Å². The molecule has 2 heterocycles. The largest absolute Gasteiger partial charge is 0.507 e. The first kappa shape index (κ1) is 31.7. The minimum absolute atomic E-state index is 0.0334. The standard InChI is InChI=1S/C34H35NO10/c1-18-25(42-32-27(38)29(44-33(35)40)30(41-4)34(2,3)45-32)14-13-23-26(37)24(31(39)43-28(18)23)17-22(36)16-19-9-8-12-21(15-19)20-10-6-5-7-11-20/h5-15,27,29-30,32,37-38H,16-17H2,1-4H3,(H2,35,40)/t27-,29+,30-,32-/m1/s1. The Bertz CT molecular complexity index is 1780. The van der Waals surface area contributed by atoms with Crippen LogP contribution in [0.1, 0.15) is 30.5 Å². The van der Waals surface area contributed by atoms with Crippen LogP contribution in [-0.4, -0.2) is 59.4 Å². The molecule has 4 aromatic rings. The van der Waals surface area contributed by atoms with E-state index in [0.717, 1.165) is 16.7 Å². The molecular weight excluding hydrogens is 582 g/mol. The molecule has 0 unspecified atom stereocenters. The lowest BCUT2D eigenvalue weighted by Gasteiger charge is -2.47. The lowest BCUT2D eigenvalue weighted by Crippen LogP contribution is -2.65. The Balaban J connectivity index is 1.37. The van der Waals surface area contributed by atoms with Gasteiger partial charge in [-0.15, -0.1) is 0 Å². The molecule has 1 amide bonds. The number of ether oxygens (including phenoxy) is 4. The van der Waals surface area contributed by atoms with E-state index < -0.39 is 41.9 Å². The van der Waals surface area contributed by atoms with Crippen molar-refractivity contribution in [2.75, 3.05) is 7.11 Å². The third kappa shape index (κ3) is 6.56. The number of aromatic hydroxyl groups is 1. The fraction of sp³-hybridized carbons (Fsp3) is 0.324. The molecule has 0 spiro atoms. The number of ketones is 1. The average Bonchev–Trinajstić information content (AvgIpc) is 2.99. The summed E-state index contributed by atoms with van der Waals surface area (Å²) in [6.45, 7) is 4.95. The number of aliphatic hydroxyl groups is 1. The Morgan fingerprint density at radius 1 is 1.00 bits per heavy atom. The summed E-state index contributed by atoms with van der Waals surface area (Å²) in [6.07, 6.45) is -6.25. The smallest absolute Gasteiger partial charge is 0.404 e. The lowest BCUT2D eigenvalue weighted by atomic mass is 9.89. The predicted molar refractivity (Wildman–Crippen MR) is 164 cm³/mol. The zero-order valence-electron chi connectivity index (χ0n) is 25.3. The second-order valence-electron chi connectivity index (χ2n) is 11.5. The van der Waals surface area contributed by atoms with Gasteiger partial charge in [-0.2, -0.15) is 0 Å². The summed E-state index contributed by atoms with van der Waals surface area (Å²) in [4.78, 5) is 37.6. The van der Waals surface area contributed by atoms with Crippen LogP contribution in [0, 0.1) is 6.92 Å². The second kappa shape index (κ2) is 12.7. The summed E-state index contributed by atoms with van der Waals surface area (Å²) < 4.78 is 28.1. The number of primary amides is 1. The summed E-state index contributed by atoms with van der Waals surface area (Å²) >= 11 is 0. The van der Waals surface area contributed by atoms with Crippen molar-refractivity contribution < 1.29 is 43.2 Å². The summed E-state index contributed by atoms with van der Waals surface area (Å²) in [5.74, 6) is -0.470. The molecule has 4 N–H and O–H groups in total. The van der Waals surface area contributed by atoms with E-state index in [1.54, 1.807) is 20.8 Å². The third-order valence-corrected chi connectivity index (χ3v) is 7.92. The summed E-state index contributed by atoms with van der Waals surface area (Å²) in [7, 11) is 1.38. The van der Waals surface area contributed by atoms with Crippen LogP contribution in [0.3, 0.4) is 0 Å². The van der Waals surface area contributed by atoms with Gasteiger partial charge in [-0.3, -0.25) is 4.79 Å². The van der Waals surface area contributed by atoms with Crippen molar-refractivity contribution in [3.63, 3.8) is 0 Å². The number of amides is 1. The highest BCUT2D eigenvalue weighted by atomic mass is 16.7. The van der Waals surface area contributed by atoms with Crippen LogP contribution >= 0.6 is 0 Å². The first-order valence-electron chi connectivity index (χ1n) is 14.4. The van der Waals surface area contributed by atoms with E-state index in [4.69, 9.17) is 29.1 Å². The van der Waals surface area contributed by atoms with Crippen LogP contribution < -0.4 is 16.1 Å². The molecule has 0 radical (unpaired) electrons. The van der Waals surface area contributed by atoms with Gasteiger partial charge in [-0.25, -0.2) is 9.59 Å². The fourth-order valence-electron chi connectivity index (χ4n) is 5.74. The SMILES string of the molecule is CO[C@@H]1[C@@H](OC(N)=O)[C@@H](O)[C@H](Oc2ccc3c(O)c(CC(=O)Cc4cccc(-c5ccccc5)c4)c(=O)oc3c2C)OC1(C)C. The topological polar surface area (TPSA) is 168 Å². The maximum absolute atomic E-state index is 13.0. The number of Topliss-reactive ketones (excluding diaryl/α,β-unsaturated/α-hetero) is 1. The van der Waals surface area contributed by atoms with E-state index in [2.05, 4.69) is 0 Å². The first-order valence-corrected chi connectivity index (χ1v) is 14.4. The Morgan fingerprint density at radius 3 is 2.40 bits per heavy atom. The normalized spacial score (nSPS) is 20.9. The third-order valence-electron chi connectivity index (χ3n) is 7.92. The number of aryl methyl sites for hydroxylation is 1. The Kier molecular flexibility index (Phi) is 8.96. The molecule has 1 saturated heterocycles. The van der Waals surface area contributed by atoms with Crippen LogP contribution in [0.5, 0.6) is 11.5 Å². The van der Waals surface area contributed by atoms with Gasteiger partial charge in [0.2, 0.25) is 6.29 Å². The van der Waals surface area contributed by atoms with Gasteiger partial charge in [0.1, 0.15) is 29.0 Å². The van der Waals surface area contributed by atoms with Crippen LogP contribution in [0.25, 0.3) is 22.1 Å². The average molecular weight is 618 g/mol. The number of rotatable bonds is 9. The van der Waals surface area contributed by atoms with E-state index >= 15 is 0 Å². The van der Waals surface area contributed by atoms with Gasteiger partial charge >= 0.3 is 11.7 Å². The minimum atomic E-state index is -1.49. The molecule has 5 rings (SSSR count). The van der Waals surface area contributed by atoms with Crippen LogP contribution in [0.15, 0.2) is 75.9 Å². The molecule has 45 heavy (non-hydrogen) atoms. The van der Waals surface area contributed by atoms with Crippen molar-refractivity contribution in [3.8, 4) is 22.6 Å². The highest BCUT2D eigenvalue weighted by Gasteiger charge is 2.53. The molecule has 1 fully saturated rings. The summed E-state index contributed by atoms with van der Waals surface area (Å²) in [6, 6.07) is 20.3. The van der Waals surface area contributed by atoms with Crippen molar-refractivity contribution in [1.29, 1.82) is 0 Å². The fourth-order valence-corrected chi connectivity index (χ4v) is 5.74. The van der Waals surface area contributed by atoms with Gasteiger partial charge < -0.3 is 39.3 Å². The number of nitrogens with two attached hydrogens (primary N) is 1. The summed E-state index contributed by atoms with van der Waals surface area (Å²) in [5.41, 5.74) is 6.25. The molecular formula is C34H35NO10. The number of carbonyl (C=O) groups excluding carboxylic acids is 2. The minimum Gasteiger partial charge on any atom is -0.507 e. The van der Waals surface area contributed by atoms with Crippen molar-refractivity contribution in [2.24, 2.45) is 5.73 Å². The zero-order valence-corrected chi connectivity index (χ0v) is 25.3. The van der Waals surface area contributed by atoms with Gasteiger partial charge in [0.05, 0.1) is 16.6 Å². The van der Waals surface area contributed by atoms with E-state index in [1.807, 2.05) is 54.6 Å². The molecule has 0 bridgehead atoms. The highest BCUT2D eigenvalue weighted by Crippen LogP contribution is 2.37. The molecule has 11 heteroatoms. The molecule has 236 valence electrons. The first-order chi connectivity index (χ1) is 21.4. The summed E-state index contributed by atoms with van der Waals surface area (Å²) in [5, 5.41) is 22.2. The van der Waals surface area contributed by atoms with Crippen LogP contribution in [0.2, 0.25) is 0 Å². The predicted octanol–water partition coefficient (Wildman–Crippen LogP) is 4.18. The molecule has 1 aliphatic heterocycles. The van der Waals surface area contributed by atoms with Crippen molar-refractivity contribution in [3.05, 3.63) is 93.8 Å². The Labute approximate surface area is 259 Å². The molecule has 11 nitrogen and oxygen atoms in total. The molecule has 1 aromatic heterocycles. The quantitative estimate of drug-likeness (QED) is 0.232. The van der Waals surface area contributed by atoms with E-state index in [-0.39, 0.29) is 46.7 Å². The molecule has 4 atom stereocenters. The van der Waals surface area contributed by atoms with Crippen LogP contribution in [0.4, 0.5) is 4.79 Å². The Hall–Kier alpha value is -4.71. The van der Waals surface area contributed by atoms with Crippen molar-refractivity contribution >= 4 is 22.8 Å². The number of fused-ring (bicyclic) bond motifs is 1.